The Morgan fingerprint density at radius 1 is 1.30 bits per heavy atom. The highest BCUT2D eigenvalue weighted by atomic mass is 16.4. The van der Waals surface area contributed by atoms with E-state index in [4.69, 9.17) is 5.11 Å². The van der Waals surface area contributed by atoms with Crippen LogP contribution in [0, 0.1) is 11.3 Å². The van der Waals surface area contributed by atoms with E-state index < -0.39 is 5.97 Å². The van der Waals surface area contributed by atoms with Crippen LogP contribution >= 0.6 is 0 Å². The molecule has 1 saturated heterocycles. The van der Waals surface area contributed by atoms with Gasteiger partial charge in [-0.3, -0.25) is 4.90 Å². The lowest BCUT2D eigenvalue weighted by Crippen LogP contribution is -2.21. The Bertz CT molecular complexity index is 459. The minimum atomic E-state index is -0.858. The molecule has 1 aromatic rings. The van der Waals surface area contributed by atoms with Crippen molar-refractivity contribution in [3.63, 3.8) is 0 Å². The first-order valence-corrected chi connectivity index (χ1v) is 7.38. The number of hydrogen-bond acceptors (Lipinski definition) is 2. The first kappa shape index (κ1) is 15.0. The summed E-state index contributed by atoms with van der Waals surface area (Å²) in [7, 11) is 0. The SMILES string of the molecule is CC(C)(C)CC1CCN(Cc2ccc(C(=O)O)cc2)C1. The van der Waals surface area contributed by atoms with Gasteiger partial charge in [0.2, 0.25) is 0 Å². The Hall–Kier alpha value is -1.35. The monoisotopic (exact) mass is 275 g/mol. The molecule has 2 rings (SSSR count). The van der Waals surface area contributed by atoms with Gasteiger partial charge in [-0.05, 0) is 48.4 Å². The summed E-state index contributed by atoms with van der Waals surface area (Å²) < 4.78 is 0. The highest BCUT2D eigenvalue weighted by Crippen LogP contribution is 2.30. The van der Waals surface area contributed by atoms with Gasteiger partial charge in [0.25, 0.3) is 0 Å². The van der Waals surface area contributed by atoms with Crippen LogP contribution in [-0.2, 0) is 6.54 Å². The summed E-state index contributed by atoms with van der Waals surface area (Å²) in [6.45, 7) is 10.2. The average molecular weight is 275 g/mol. The molecule has 0 radical (unpaired) electrons. The number of aromatic carboxylic acids is 1. The highest BCUT2D eigenvalue weighted by Gasteiger charge is 2.26. The molecular weight excluding hydrogens is 250 g/mol. The van der Waals surface area contributed by atoms with Gasteiger partial charge >= 0.3 is 5.97 Å². The molecule has 0 aliphatic carbocycles. The van der Waals surface area contributed by atoms with Gasteiger partial charge in [-0.2, -0.15) is 0 Å². The zero-order valence-electron chi connectivity index (χ0n) is 12.7. The lowest BCUT2D eigenvalue weighted by molar-refractivity contribution is 0.0697. The fourth-order valence-corrected chi connectivity index (χ4v) is 3.10. The van der Waals surface area contributed by atoms with Gasteiger partial charge in [0.15, 0.2) is 0 Å². The van der Waals surface area contributed by atoms with Crippen LogP contribution in [-0.4, -0.2) is 29.1 Å². The van der Waals surface area contributed by atoms with Gasteiger partial charge < -0.3 is 5.11 Å². The topological polar surface area (TPSA) is 40.5 Å². The number of rotatable bonds is 4. The third-order valence-electron chi connectivity index (χ3n) is 3.88. The van der Waals surface area contributed by atoms with E-state index in [9.17, 15) is 4.79 Å². The Morgan fingerprint density at radius 3 is 2.50 bits per heavy atom. The molecule has 0 bridgehead atoms. The molecule has 1 N–H and O–H groups in total. The zero-order valence-corrected chi connectivity index (χ0v) is 12.7. The predicted octanol–water partition coefficient (Wildman–Crippen LogP) is 3.64. The zero-order chi connectivity index (χ0) is 14.8. The maximum Gasteiger partial charge on any atom is 0.335 e. The molecule has 1 aromatic carbocycles. The van der Waals surface area contributed by atoms with Crippen LogP contribution in [0.1, 0.15) is 49.5 Å². The Labute approximate surface area is 121 Å². The fraction of sp³-hybridized carbons (Fsp3) is 0.588. The maximum atomic E-state index is 10.8. The smallest absolute Gasteiger partial charge is 0.335 e. The van der Waals surface area contributed by atoms with E-state index in [-0.39, 0.29) is 0 Å². The molecule has 1 unspecified atom stereocenters. The molecular formula is C17H25NO2. The predicted molar refractivity (Wildman–Crippen MR) is 80.9 cm³/mol. The standard InChI is InChI=1S/C17H25NO2/c1-17(2,3)10-14-8-9-18(12-14)11-13-4-6-15(7-5-13)16(19)20/h4-7,14H,8-12H2,1-3H3,(H,19,20). The molecule has 3 heteroatoms. The lowest BCUT2D eigenvalue weighted by Gasteiger charge is -2.23. The summed E-state index contributed by atoms with van der Waals surface area (Å²) in [5, 5.41) is 8.89. The molecule has 3 nitrogen and oxygen atoms in total. The third kappa shape index (κ3) is 4.34. The molecule has 0 spiro atoms. The summed E-state index contributed by atoms with van der Waals surface area (Å²) in [5.41, 5.74) is 1.97. The van der Waals surface area contributed by atoms with E-state index >= 15 is 0 Å². The minimum absolute atomic E-state index is 0.362. The van der Waals surface area contributed by atoms with Crippen LogP contribution in [0.2, 0.25) is 0 Å². The van der Waals surface area contributed by atoms with Crippen molar-refractivity contribution >= 4 is 5.97 Å². The number of hydrogen-bond donors (Lipinski definition) is 1. The van der Waals surface area contributed by atoms with Crippen LogP contribution in [0.25, 0.3) is 0 Å². The van der Waals surface area contributed by atoms with Gasteiger partial charge in [-0.25, -0.2) is 4.79 Å². The Morgan fingerprint density at radius 2 is 1.95 bits per heavy atom. The molecule has 1 fully saturated rings. The van der Waals surface area contributed by atoms with Crippen molar-refractivity contribution in [1.29, 1.82) is 0 Å². The van der Waals surface area contributed by atoms with Crippen molar-refractivity contribution in [1.82, 2.24) is 4.90 Å². The number of carbonyl (C=O) groups is 1. The highest BCUT2D eigenvalue weighted by molar-refractivity contribution is 5.87. The van der Waals surface area contributed by atoms with Crippen LogP contribution in [0.5, 0.6) is 0 Å². The van der Waals surface area contributed by atoms with Gasteiger partial charge in [0.05, 0.1) is 5.56 Å². The molecule has 1 aliphatic rings. The first-order valence-electron chi connectivity index (χ1n) is 7.38. The summed E-state index contributed by atoms with van der Waals surface area (Å²) in [5.74, 6) is -0.0590. The quantitative estimate of drug-likeness (QED) is 0.912. The van der Waals surface area contributed by atoms with Crippen molar-refractivity contribution in [3.8, 4) is 0 Å². The molecule has 0 saturated carbocycles. The maximum absolute atomic E-state index is 10.8. The Balaban J connectivity index is 1.87. The number of likely N-dealkylation sites (tertiary alicyclic amines) is 1. The summed E-state index contributed by atoms with van der Waals surface area (Å²) in [4.78, 5) is 13.3. The van der Waals surface area contributed by atoms with Crippen LogP contribution < -0.4 is 0 Å². The van der Waals surface area contributed by atoms with E-state index in [0.29, 0.717) is 11.0 Å². The average Bonchev–Trinajstić information content (AvgIpc) is 2.74. The van der Waals surface area contributed by atoms with Crippen LogP contribution in [0.3, 0.4) is 0 Å². The van der Waals surface area contributed by atoms with Gasteiger partial charge in [0.1, 0.15) is 0 Å². The van der Waals surface area contributed by atoms with Crippen molar-refractivity contribution in [2.75, 3.05) is 13.1 Å². The van der Waals surface area contributed by atoms with E-state index in [0.717, 1.165) is 25.6 Å². The van der Waals surface area contributed by atoms with Crippen molar-refractivity contribution < 1.29 is 9.90 Å². The van der Waals surface area contributed by atoms with E-state index in [1.54, 1.807) is 12.1 Å². The molecule has 1 aliphatic heterocycles. The summed E-state index contributed by atoms with van der Waals surface area (Å²) in [6, 6.07) is 7.25. The summed E-state index contributed by atoms with van der Waals surface area (Å²) in [6.07, 6.45) is 2.56. The second-order valence-electron chi connectivity index (χ2n) is 7.16. The molecule has 20 heavy (non-hydrogen) atoms. The van der Waals surface area contributed by atoms with E-state index in [1.165, 1.54) is 18.4 Å². The second kappa shape index (κ2) is 5.96. The van der Waals surface area contributed by atoms with E-state index in [1.807, 2.05) is 12.1 Å². The van der Waals surface area contributed by atoms with E-state index in [2.05, 4.69) is 25.7 Å². The minimum Gasteiger partial charge on any atom is -0.478 e. The first-order chi connectivity index (χ1) is 9.33. The largest absolute Gasteiger partial charge is 0.478 e. The van der Waals surface area contributed by atoms with Crippen molar-refractivity contribution in [2.24, 2.45) is 11.3 Å². The number of benzene rings is 1. The molecule has 110 valence electrons. The van der Waals surface area contributed by atoms with Gasteiger partial charge in [-0.15, -0.1) is 0 Å². The molecule has 1 heterocycles. The molecule has 0 aromatic heterocycles. The molecule has 1 atom stereocenters. The van der Waals surface area contributed by atoms with Crippen molar-refractivity contribution in [3.05, 3.63) is 35.4 Å². The normalized spacial score (nSPS) is 20.2. The van der Waals surface area contributed by atoms with Gasteiger partial charge in [-0.1, -0.05) is 32.9 Å². The molecule has 0 amide bonds. The Kier molecular flexibility index (Phi) is 4.48. The lowest BCUT2D eigenvalue weighted by atomic mass is 9.84. The fourth-order valence-electron chi connectivity index (χ4n) is 3.10. The van der Waals surface area contributed by atoms with Crippen molar-refractivity contribution in [2.45, 2.75) is 40.2 Å². The van der Waals surface area contributed by atoms with Gasteiger partial charge in [0, 0.05) is 13.1 Å². The summed E-state index contributed by atoms with van der Waals surface area (Å²) >= 11 is 0. The van der Waals surface area contributed by atoms with Crippen LogP contribution in [0.15, 0.2) is 24.3 Å². The number of nitrogens with zero attached hydrogens (tertiary/aromatic N) is 1. The second-order valence-corrected chi connectivity index (χ2v) is 7.16. The third-order valence-corrected chi connectivity index (χ3v) is 3.88. The number of carboxylic acids is 1. The number of carboxylic acid groups (broad SMARTS) is 1. The van der Waals surface area contributed by atoms with Crippen LogP contribution in [0.4, 0.5) is 0 Å².